The highest BCUT2D eigenvalue weighted by atomic mass is 16.5. The zero-order chi connectivity index (χ0) is 20.5. The van der Waals surface area contributed by atoms with Crippen LogP contribution in [0.3, 0.4) is 0 Å². The Labute approximate surface area is 169 Å². The Balaban J connectivity index is 1.63. The van der Waals surface area contributed by atoms with E-state index in [4.69, 9.17) is 9.47 Å². The molecule has 1 saturated carbocycles. The normalized spacial score (nSPS) is 23.1. The fourth-order valence-corrected chi connectivity index (χ4v) is 3.92. The zero-order valence-corrected chi connectivity index (χ0v) is 16.8. The molecule has 2 N–H and O–H groups in total. The summed E-state index contributed by atoms with van der Waals surface area (Å²) < 4.78 is 10.7. The monoisotopic (exact) mass is 395 g/mol. The minimum atomic E-state index is -0.324. The van der Waals surface area contributed by atoms with Gasteiger partial charge in [0.15, 0.2) is 0 Å². The van der Waals surface area contributed by atoms with Gasteiger partial charge in [-0.1, -0.05) is 19.1 Å². The third kappa shape index (κ3) is 3.82. The lowest BCUT2D eigenvalue weighted by atomic mass is 9.95. The van der Waals surface area contributed by atoms with Crippen molar-refractivity contribution in [3.8, 4) is 5.75 Å². The Bertz CT molecular complexity index is 935. The Kier molecular flexibility index (Phi) is 5.24. The summed E-state index contributed by atoms with van der Waals surface area (Å²) in [6.45, 7) is 3.40. The summed E-state index contributed by atoms with van der Waals surface area (Å²) in [5, 5.41) is 5.67. The van der Waals surface area contributed by atoms with Crippen LogP contribution >= 0.6 is 0 Å². The van der Waals surface area contributed by atoms with Crippen molar-refractivity contribution in [3.63, 3.8) is 0 Å². The third-order valence-electron chi connectivity index (χ3n) is 5.85. The van der Waals surface area contributed by atoms with E-state index >= 15 is 0 Å². The van der Waals surface area contributed by atoms with Crippen molar-refractivity contribution in [2.24, 2.45) is 11.8 Å². The number of methoxy groups -OCH3 is 1. The molecule has 2 fully saturated rings. The molecule has 0 bridgehead atoms. The van der Waals surface area contributed by atoms with Crippen LogP contribution in [0.25, 0.3) is 0 Å². The van der Waals surface area contributed by atoms with E-state index in [1.165, 1.54) is 0 Å². The van der Waals surface area contributed by atoms with Crippen LogP contribution in [0.5, 0.6) is 5.75 Å². The average molecular weight is 395 g/mol. The molecule has 1 aliphatic carbocycles. The third-order valence-corrected chi connectivity index (χ3v) is 5.85. The molecular weight excluding hydrogens is 370 g/mol. The Morgan fingerprint density at radius 3 is 2.62 bits per heavy atom. The number of aromatic nitrogens is 1. The lowest BCUT2D eigenvalue weighted by Crippen LogP contribution is -2.30. The van der Waals surface area contributed by atoms with E-state index < -0.39 is 0 Å². The predicted molar refractivity (Wildman–Crippen MR) is 107 cm³/mol. The van der Waals surface area contributed by atoms with Crippen LogP contribution in [0, 0.1) is 11.8 Å². The van der Waals surface area contributed by atoms with Crippen molar-refractivity contribution < 1.29 is 19.1 Å². The maximum Gasteiger partial charge on any atom is 0.269 e. The number of ether oxygens (including phenoxy) is 2. The highest BCUT2D eigenvalue weighted by Gasteiger charge is 2.54. The Morgan fingerprint density at radius 2 is 1.93 bits per heavy atom. The Hall–Kier alpha value is -2.93. The number of rotatable bonds is 6. The van der Waals surface area contributed by atoms with Gasteiger partial charge in [-0.05, 0) is 29.8 Å². The molecule has 4 rings (SSSR count). The van der Waals surface area contributed by atoms with Crippen LogP contribution in [-0.4, -0.2) is 50.2 Å². The van der Waals surface area contributed by atoms with E-state index in [1.54, 1.807) is 26.3 Å². The maximum atomic E-state index is 12.9. The summed E-state index contributed by atoms with van der Waals surface area (Å²) in [6, 6.07) is 11.2. The molecular formula is C22H25N3O4. The van der Waals surface area contributed by atoms with Gasteiger partial charge in [0.1, 0.15) is 11.4 Å². The molecule has 1 aliphatic heterocycles. The number of benzene rings is 1. The zero-order valence-electron chi connectivity index (χ0n) is 16.8. The summed E-state index contributed by atoms with van der Waals surface area (Å²) >= 11 is 0. The van der Waals surface area contributed by atoms with Gasteiger partial charge in [-0.3, -0.25) is 9.59 Å². The van der Waals surface area contributed by atoms with E-state index in [1.807, 2.05) is 31.2 Å². The first kappa shape index (κ1) is 19.4. The number of carbonyl (C=O) groups is 2. The largest absolute Gasteiger partial charge is 0.497 e. The molecule has 0 unspecified atom stereocenters. The molecule has 1 aromatic heterocycles. The fraction of sp³-hybridized carbons (Fsp3) is 0.409. The number of fused-ring (bicyclic) bond motifs is 1. The van der Waals surface area contributed by atoms with E-state index in [-0.39, 0.29) is 29.5 Å². The van der Waals surface area contributed by atoms with Crippen molar-refractivity contribution in [3.05, 3.63) is 58.9 Å². The number of pyridine rings is 1. The van der Waals surface area contributed by atoms with Crippen LogP contribution in [0.15, 0.2) is 36.4 Å². The van der Waals surface area contributed by atoms with Crippen LogP contribution in [-0.2, 0) is 4.74 Å². The SMILES string of the molecule is CNC(=O)c1cc(C(=O)N[C@H]2[C@@H]3COC[C@@H]32)cc([C@@H](C)c2cccc(OC)c2)n1. The molecule has 1 aromatic carbocycles. The second kappa shape index (κ2) is 7.83. The first-order valence-corrected chi connectivity index (χ1v) is 9.78. The molecule has 7 heteroatoms. The number of nitrogens with zero attached hydrogens (tertiary/aromatic N) is 1. The molecule has 4 atom stereocenters. The van der Waals surface area contributed by atoms with E-state index in [2.05, 4.69) is 15.6 Å². The molecule has 2 heterocycles. The summed E-state index contributed by atoms with van der Waals surface area (Å²) in [5.74, 6) is 0.947. The first-order valence-electron chi connectivity index (χ1n) is 9.78. The van der Waals surface area contributed by atoms with Crippen molar-refractivity contribution in [2.45, 2.75) is 18.9 Å². The van der Waals surface area contributed by atoms with Crippen LogP contribution in [0.2, 0.25) is 0 Å². The van der Waals surface area contributed by atoms with Crippen molar-refractivity contribution in [2.75, 3.05) is 27.4 Å². The second-order valence-corrected chi connectivity index (χ2v) is 7.61. The summed E-state index contributed by atoms with van der Waals surface area (Å²) in [6.07, 6.45) is 0. The number of hydrogen-bond acceptors (Lipinski definition) is 5. The molecule has 1 saturated heterocycles. The van der Waals surface area contributed by atoms with Gasteiger partial charge < -0.3 is 20.1 Å². The quantitative estimate of drug-likeness (QED) is 0.781. The maximum absolute atomic E-state index is 12.9. The number of carbonyl (C=O) groups excluding carboxylic acids is 2. The van der Waals surface area contributed by atoms with Crippen molar-refractivity contribution in [1.82, 2.24) is 15.6 Å². The van der Waals surface area contributed by atoms with Crippen LogP contribution < -0.4 is 15.4 Å². The molecule has 2 aromatic rings. The molecule has 2 aliphatic rings. The minimum absolute atomic E-state index is 0.116. The average Bonchev–Trinajstić information content (AvgIpc) is 3.17. The second-order valence-electron chi connectivity index (χ2n) is 7.61. The molecule has 0 spiro atoms. The number of hydrogen-bond donors (Lipinski definition) is 2. The fourth-order valence-electron chi connectivity index (χ4n) is 3.92. The predicted octanol–water partition coefficient (Wildman–Crippen LogP) is 1.98. The van der Waals surface area contributed by atoms with E-state index in [0.29, 0.717) is 36.3 Å². The van der Waals surface area contributed by atoms with Gasteiger partial charge in [0.25, 0.3) is 11.8 Å². The van der Waals surface area contributed by atoms with Gasteiger partial charge in [-0.2, -0.15) is 0 Å². The van der Waals surface area contributed by atoms with Gasteiger partial charge in [0.05, 0.1) is 20.3 Å². The van der Waals surface area contributed by atoms with Gasteiger partial charge in [0, 0.05) is 42.1 Å². The van der Waals surface area contributed by atoms with Crippen molar-refractivity contribution in [1.29, 1.82) is 0 Å². The summed E-state index contributed by atoms with van der Waals surface area (Å²) in [4.78, 5) is 29.6. The first-order chi connectivity index (χ1) is 14.0. The van der Waals surface area contributed by atoms with Crippen LogP contribution in [0.1, 0.15) is 44.9 Å². The minimum Gasteiger partial charge on any atom is -0.497 e. The van der Waals surface area contributed by atoms with Gasteiger partial charge >= 0.3 is 0 Å². The Morgan fingerprint density at radius 1 is 1.17 bits per heavy atom. The summed E-state index contributed by atoms with van der Waals surface area (Å²) in [7, 11) is 3.17. The molecule has 2 amide bonds. The lowest BCUT2D eigenvalue weighted by Gasteiger charge is -2.16. The highest BCUT2D eigenvalue weighted by molar-refractivity contribution is 5.99. The van der Waals surface area contributed by atoms with E-state index in [9.17, 15) is 9.59 Å². The molecule has 0 radical (unpaired) electrons. The highest BCUT2D eigenvalue weighted by Crippen LogP contribution is 2.44. The number of nitrogens with one attached hydrogen (secondary N) is 2. The number of amides is 2. The van der Waals surface area contributed by atoms with Gasteiger partial charge in [-0.25, -0.2) is 4.98 Å². The smallest absolute Gasteiger partial charge is 0.269 e. The topological polar surface area (TPSA) is 89.6 Å². The molecule has 29 heavy (non-hydrogen) atoms. The lowest BCUT2D eigenvalue weighted by molar-refractivity contribution is 0.0928. The van der Waals surface area contributed by atoms with Gasteiger partial charge in [-0.15, -0.1) is 0 Å². The van der Waals surface area contributed by atoms with Crippen molar-refractivity contribution >= 4 is 11.8 Å². The molecule has 152 valence electrons. The van der Waals surface area contributed by atoms with Crippen LogP contribution in [0.4, 0.5) is 0 Å². The summed E-state index contributed by atoms with van der Waals surface area (Å²) in [5.41, 5.74) is 2.31. The standard InChI is InChI=1S/C22H25N3O4/c1-12(13-5-4-6-15(7-13)28-3)18-8-14(9-19(24-18)22(27)23-2)21(26)25-20-16-10-29-11-17(16)20/h4-9,12,16-17,20H,10-11H2,1-3H3,(H,23,27)(H,25,26)/t12-,16-,17+,20+/m0/s1. The van der Waals surface area contributed by atoms with E-state index in [0.717, 1.165) is 11.3 Å². The molecule has 7 nitrogen and oxygen atoms in total. The van der Waals surface area contributed by atoms with Gasteiger partial charge in [0.2, 0.25) is 0 Å².